The fourth-order valence-corrected chi connectivity index (χ4v) is 1.82. The second kappa shape index (κ2) is 4.61. The Hall–Kier alpha value is -1.42. The number of hydrogen-bond acceptors (Lipinski definition) is 3. The molecule has 0 radical (unpaired) electrons. The van der Waals surface area contributed by atoms with Crippen LogP contribution in [0, 0.1) is 0 Å². The number of aliphatic hydroxyl groups excluding tert-OH is 3. The molecule has 0 aliphatic carbocycles. The molecule has 0 aliphatic heterocycles. The van der Waals surface area contributed by atoms with E-state index in [2.05, 4.69) is 0 Å². The summed E-state index contributed by atoms with van der Waals surface area (Å²) in [6.07, 6.45) is -2.21. The second-order valence-corrected chi connectivity index (χ2v) is 3.76. The Kier molecular flexibility index (Phi) is 3.19. The van der Waals surface area contributed by atoms with Gasteiger partial charge in [0.05, 0.1) is 6.61 Å². The van der Waals surface area contributed by atoms with Crippen molar-refractivity contribution in [2.24, 2.45) is 0 Å². The highest BCUT2D eigenvalue weighted by atomic mass is 16.4. The van der Waals surface area contributed by atoms with E-state index in [1.807, 2.05) is 36.4 Å². The first-order chi connectivity index (χ1) is 7.74. The van der Waals surface area contributed by atoms with E-state index in [4.69, 9.17) is 5.11 Å². The number of rotatable bonds is 3. The van der Waals surface area contributed by atoms with Crippen molar-refractivity contribution in [3.8, 4) is 0 Å². The van der Waals surface area contributed by atoms with Crippen LogP contribution in [0.3, 0.4) is 0 Å². The van der Waals surface area contributed by atoms with Crippen molar-refractivity contribution < 1.29 is 15.3 Å². The Morgan fingerprint density at radius 3 is 2.38 bits per heavy atom. The van der Waals surface area contributed by atoms with Crippen molar-refractivity contribution in [1.82, 2.24) is 0 Å². The molecule has 3 N–H and O–H groups in total. The minimum absolute atomic E-state index is 0.454. The van der Waals surface area contributed by atoms with Crippen molar-refractivity contribution in [3.05, 3.63) is 48.0 Å². The first-order valence-electron chi connectivity index (χ1n) is 5.18. The van der Waals surface area contributed by atoms with Crippen LogP contribution in [-0.4, -0.2) is 28.0 Å². The van der Waals surface area contributed by atoms with Gasteiger partial charge in [0, 0.05) is 0 Å². The van der Waals surface area contributed by atoms with Gasteiger partial charge in [0.2, 0.25) is 0 Å². The van der Waals surface area contributed by atoms with Crippen molar-refractivity contribution in [2.75, 3.05) is 6.61 Å². The molecule has 0 saturated heterocycles. The normalized spacial score (nSPS) is 14.9. The summed E-state index contributed by atoms with van der Waals surface area (Å²) in [6, 6.07) is 13.1. The third-order valence-corrected chi connectivity index (χ3v) is 2.69. The van der Waals surface area contributed by atoms with Crippen molar-refractivity contribution in [2.45, 2.75) is 12.2 Å². The van der Waals surface area contributed by atoms with Gasteiger partial charge in [-0.3, -0.25) is 0 Å². The quantitative estimate of drug-likeness (QED) is 0.726. The Morgan fingerprint density at radius 1 is 0.938 bits per heavy atom. The van der Waals surface area contributed by atoms with Crippen LogP contribution in [0.2, 0.25) is 0 Å². The summed E-state index contributed by atoms with van der Waals surface area (Å²) >= 11 is 0. The van der Waals surface area contributed by atoms with Gasteiger partial charge in [0.1, 0.15) is 12.2 Å². The van der Waals surface area contributed by atoms with Gasteiger partial charge in [-0.05, 0) is 16.3 Å². The SMILES string of the molecule is OCC(O)C(O)c1cccc2ccccc12. The highest BCUT2D eigenvalue weighted by Gasteiger charge is 2.18. The summed E-state index contributed by atoms with van der Waals surface area (Å²) in [6.45, 7) is -0.454. The van der Waals surface area contributed by atoms with E-state index in [-0.39, 0.29) is 0 Å². The molecule has 3 heteroatoms. The monoisotopic (exact) mass is 218 g/mol. The third-order valence-electron chi connectivity index (χ3n) is 2.69. The molecule has 0 aliphatic rings. The molecule has 2 unspecified atom stereocenters. The molecule has 2 aromatic rings. The number of benzene rings is 2. The second-order valence-electron chi connectivity index (χ2n) is 3.76. The molecule has 0 fully saturated rings. The summed E-state index contributed by atoms with van der Waals surface area (Å²) in [5, 5.41) is 30.0. The fourth-order valence-electron chi connectivity index (χ4n) is 1.82. The topological polar surface area (TPSA) is 60.7 Å². The van der Waals surface area contributed by atoms with Crippen molar-refractivity contribution in [1.29, 1.82) is 0 Å². The summed E-state index contributed by atoms with van der Waals surface area (Å²) in [5.74, 6) is 0. The Morgan fingerprint density at radius 2 is 1.62 bits per heavy atom. The predicted octanol–water partition coefficient (Wildman–Crippen LogP) is 1.23. The largest absolute Gasteiger partial charge is 0.394 e. The zero-order valence-corrected chi connectivity index (χ0v) is 8.74. The molecule has 2 atom stereocenters. The van der Waals surface area contributed by atoms with Crippen molar-refractivity contribution in [3.63, 3.8) is 0 Å². The maximum atomic E-state index is 9.88. The summed E-state index contributed by atoms with van der Waals surface area (Å²) in [4.78, 5) is 0. The number of aliphatic hydroxyl groups is 3. The molecule has 3 nitrogen and oxygen atoms in total. The predicted molar refractivity (Wildman–Crippen MR) is 62.0 cm³/mol. The average molecular weight is 218 g/mol. The third kappa shape index (κ3) is 1.93. The van der Waals surface area contributed by atoms with Crippen molar-refractivity contribution >= 4 is 10.8 Å². The van der Waals surface area contributed by atoms with Gasteiger partial charge in [-0.1, -0.05) is 42.5 Å². The van der Waals surface area contributed by atoms with Crippen LogP contribution in [0.4, 0.5) is 0 Å². The zero-order valence-electron chi connectivity index (χ0n) is 8.74. The lowest BCUT2D eigenvalue weighted by molar-refractivity contribution is -0.0145. The van der Waals surface area contributed by atoms with E-state index in [0.717, 1.165) is 10.8 Å². The molecule has 0 bridgehead atoms. The molecule has 2 rings (SSSR count). The Bertz CT molecular complexity index is 476. The van der Waals surface area contributed by atoms with Gasteiger partial charge in [-0.15, -0.1) is 0 Å². The molecule has 0 amide bonds. The van der Waals surface area contributed by atoms with Crippen LogP contribution >= 0.6 is 0 Å². The van der Waals surface area contributed by atoms with Gasteiger partial charge in [0.25, 0.3) is 0 Å². The zero-order chi connectivity index (χ0) is 11.5. The highest BCUT2D eigenvalue weighted by Crippen LogP contribution is 2.25. The summed E-state index contributed by atoms with van der Waals surface area (Å²) < 4.78 is 0. The minimum Gasteiger partial charge on any atom is -0.394 e. The van der Waals surface area contributed by atoms with Crippen LogP contribution in [0.1, 0.15) is 11.7 Å². The van der Waals surface area contributed by atoms with E-state index < -0.39 is 18.8 Å². The average Bonchev–Trinajstić information content (AvgIpc) is 2.36. The maximum Gasteiger partial charge on any atom is 0.108 e. The molecule has 0 aromatic heterocycles. The van der Waals surface area contributed by atoms with E-state index >= 15 is 0 Å². The lowest BCUT2D eigenvalue weighted by atomic mass is 9.98. The van der Waals surface area contributed by atoms with E-state index in [9.17, 15) is 10.2 Å². The molecular formula is C13H14O3. The summed E-state index contributed by atoms with van der Waals surface area (Å²) in [5.41, 5.74) is 0.639. The van der Waals surface area contributed by atoms with Crippen LogP contribution in [0.15, 0.2) is 42.5 Å². The van der Waals surface area contributed by atoms with Crippen LogP contribution in [0.5, 0.6) is 0 Å². The lowest BCUT2D eigenvalue weighted by Gasteiger charge is -2.17. The molecule has 2 aromatic carbocycles. The Labute approximate surface area is 93.6 Å². The number of hydrogen-bond donors (Lipinski definition) is 3. The molecule has 0 spiro atoms. The first-order valence-corrected chi connectivity index (χ1v) is 5.18. The van der Waals surface area contributed by atoms with E-state index in [0.29, 0.717) is 5.56 Å². The van der Waals surface area contributed by atoms with Crippen LogP contribution < -0.4 is 0 Å². The number of fused-ring (bicyclic) bond motifs is 1. The molecular weight excluding hydrogens is 204 g/mol. The fraction of sp³-hybridized carbons (Fsp3) is 0.231. The maximum absolute atomic E-state index is 9.88. The minimum atomic E-state index is -1.15. The molecule has 84 valence electrons. The molecule has 0 heterocycles. The van der Waals surface area contributed by atoms with E-state index in [1.54, 1.807) is 6.07 Å². The van der Waals surface area contributed by atoms with Gasteiger partial charge in [0.15, 0.2) is 0 Å². The van der Waals surface area contributed by atoms with E-state index in [1.165, 1.54) is 0 Å². The summed E-state index contributed by atoms with van der Waals surface area (Å²) in [7, 11) is 0. The smallest absolute Gasteiger partial charge is 0.108 e. The first kappa shape index (κ1) is 11.1. The van der Waals surface area contributed by atoms with Gasteiger partial charge >= 0.3 is 0 Å². The van der Waals surface area contributed by atoms with Gasteiger partial charge < -0.3 is 15.3 Å². The van der Waals surface area contributed by atoms with Crippen LogP contribution in [0.25, 0.3) is 10.8 Å². The van der Waals surface area contributed by atoms with Crippen LogP contribution in [-0.2, 0) is 0 Å². The molecule has 16 heavy (non-hydrogen) atoms. The Balaban J connectivity index is 2.52. The standard InChI is InChI=1S/C13H14O3/c14-8-12(15)13(16)11-7-3-5-9-4-1-2-6-10(9)11/h1-7,12-16H,8H2. The highest BCUT2D eigenvalue weighted by molar-refractivity contribution is 5.86. The molecule has 0 saturated carbocycles. The van der Waals surface area contributed by atoms with Gasteiger partial charge in [-0.25, -0.2) is 0 Å². The van der Waals surface area contributed by atoms with Gasteiger partial charge in [-0.2, -0.15) is 0 Å². The lowest BCUT2D eigenvalue weighted by Crippen LogP contribution is -2.22.